The normalized spacial score (nSPS) is 21.5. The van der Waals surface area contributed by atoms with Crippen molar-refractivity contribution >= 4 is 16.3 Å². The fourth-order valence-corrected chi connectivity index (χ4v) is 3.13. The van der Waals surface area contributed by atoms with E-state index in [9.17, 15) is 0 Å². The number of nitrogens with zero attached hydrogens (tertiary/aromatic N) is 2. The molecule has 3 heterocycles. The first kappa shape index (κ1) is 9.36. The molecule has 1 N–H and O–H groups in total. The molecule has 2 aromatic rings. The van der Waals surface area contributed by atoms with E-state index >= 15 is 0 Å². The third-order valence-corrected chi connectivity index (χ3v) is 3.92. The van der Waals surface area contributed by atoms with Gasteiger partial charge in [0.05, 0.1) is 5.69 Å². The Balaban J connectivity index is 1.94. The van der Waals surface area contributed by atoms with E-state index in [2.05, 4.69) is 33.2 Å². The molecule has 0 aromatic carbocycles. The van der Waals surface area contributed by atoms with Crippen LogP contribution in [0.2, 0.25) is 0 Å². The Morgan fingerprint density at radius 1 is 1.67 bits per heavy atom. The van der Waals surface area contributed by atoms with Gasteiger partial charge in [-0.05, 0) is 26.3 Å². The van der Waals surface area contributed by atoms with E-state index in [1.165, 1.54) is 30.8 Å². The van der Waals surface area contributed by atoms with Crippen molar-refractivity contribution < 1.29 is 0 Å². The van der Waals surface area contributed by atoms with Crippen molar-refractivity contribution in [3.8, 4) is 0 Å². The lowest BCUT2D eigenvalue weighted by Gasteiger charge is -2.09. The summed E-state index contributed by atoms with van der Waals surface area (Å²) in [4.78, 5) is 5.69. The van der Waals surface area contributed by atoms with Crippen molar-refractivity contribution in [2.75, 3.05) is 6.54 Å². The summed E-state index contributed by atoms with van der Waals surface area (Å²) in [6.07, 6.45) is 5.86. The first-order valence-corrected chi connectivity index (χ1v) is 6.37. The molecule has 1 aliphatic rings. The third kappa shape index (κ3) is 1.58. The van der Waals surface area contributed by atoms with Gasteiger partial charge in [-0.1, -0.05) is 0 Å². The molecule has 1 atom stereocenters. The van der Waals surface area contributed by atoms with E-state index in [0.717, 1.165) is 11.4 Å². The summed E-state index contributed by atoms with van der Waals surface area (Å²) in [7, 11) is 0. The second-order valence-electron chi connectivity index (χ2n) is 4.20. The Hall–Kier alpha value is -0.870. The molecular weight excluding hydrogens is 206 g/mol. The monoisotopic (exact) mass is 221 g/mol. The van der Waals surface area contributed by atoms with Crippen LogP contribution in [0.25, 0.3) is 4.96 Å². The molecule has 3 nitrogen and oxygen atoms in total. The van der Waals surface area contributed by atoms with E-state index in [0.29, 0.717) is 6.04 Å². The summed E-state index contributed by atoms with van der Waals surface area (Å²) in [5.41, 5.74) is 2.57. The molecule has 0 bridgehead atoms. The Labute approximate surface area is 93.1 Å². The number of hydrogen-bond acceptors (Lipinski definition) is 3. The van der Waals surface area contributed by atoms with Gasteiger partial charge in [-0.25, -0.2) is 4.98 Å². The molecule has 0 amide bonds. The number of aromatic nitrogens is 2. The third-order valence-electron chi connectivity index (χ3n) is 3.16. The Bertz CT molecular complexity index is 465. The molecule has 2 aromatic heterocycles. The molecule has 4 heteroatoms. The van der Waals surface area contributed by atoms with Gasteiger partial charge >= 0.3 is 0 Å². The molecule has 3 rings (SSSR count). The van der Waals surface area contributed by atoms with E-state index in [1.807, 2.05) is 0 Å². The molecule has 1 unspecified atom stereocenters. The highest BCUT2D eigenvalue weighted by atomic mass is 32.1. The molecule has 80 valence electrons. The van der Waals surface area contributed by atoms with Gasteiger partial charge in [0, 0.05) is 29.7 Å². The van der Waals surface area contributed by atoms with Crippen molar-refractivity contribution in [1.29, 1.82) is 0 Å². The van der Waals surface area contributed by atoms with Crippen LogP contribution in [0.1, 0.15) is 24.2 Å². The number of thiazole rings is 1. The minimum Gasteiger partial charge on any atom is -0.314 e. The average Bonchev–Trinajstić information content (AvgIpc) is 2.86. The molecule has 0 spiro atoms. The van der Waals surface area contributed by atoms with E-state index < -0.39 is 0 Å². The predicted molar refractivity (Wildman–Crippen MR) is 62.5 cm³/mol. The van der Waals surface area contributed by atoms with Gasteiger partial charge in [0.1, 0.15) is 0 Å². The highest BCUT2D eigenvalue weighted by Crippen LogP contribution is 2.20. The maximum Gasteiger partial charge on any atom is 0.194 e. The second-order valence-corrected chi connectivity index (χ2v) is 5.07. The zero-order valence-corrected chi connectivity index (χ0v) is 9.68. The van der Waals surface area contributed by atoms with Gasteiger partial charge in [-0.2, -0.15) is 0 Å². The lowest BCUT2D eigenvalue weighted by molar-refractivity contribution is 0.591. The highest BCUT2D eigenvalue weighted by Gasteiger charge is 2.18. The molecule has 0 saturated carbocycles. The fraction of sp³-hybridized carbons (Fsp3) is 0.545. The maximum atomic E-state index is 4.57. The van der Waals surface area contributed by atoms with Crippen molar-refractivity contribution in [2.24, 2.45) is 0 Å². The lowest BCUT2D eigenvalue weighted by Crippen LogP contribution is -2.24. The molecule has 0 aliphatic carbocycles. The smallest absolute Gasteiger partial charge is 0.194 e. The highest BCUT2D eigenvalue weighted by molar-refractivity contribution is 7.15. The summed E-state index contributed by atoms with van der Waals surface area (Å²) >= 11 is 1.71. The molecule has 15 heavy (non-hydrogen) atoms. The summed E-state index contributed by atoms with van der Waals surface area (Å²) in [6.45, 7) is 3.29. The topological polar surface area (TPSA) is 29.3 Å². The van der Waals surface area contributed by atoms with Crippen LogP contribution in [0, 0.1) is 6.92 Å². The van der Waals surface area contributed by atoms with Crippen LogP contribution < -0.4 is 5.32 Å². The van der Waals surface area contributed by atoms with Crippen molar-refractivity contribution in [3.63, 3.8) is 0 Å². The number of rotatable bonds is 2. The molecule has 1 aliphatic heterocycles. The van der Waals surface area contributed by atoms with Gasteiger partial charge in [0.2, 0.25) is 0 Å². The van der Waals surface area contributed by atoms with E-state index in [1.54, 1.807) is 11.3 Å². The van der Waals surface area contributed by atoms with Gasteiger partial charge in [-0.15, -0.1) is 11.3 Å². The first-order valence-electron chi connectivity index (χ1n) is 5.49. The Morgan fingerprint density at radius 3 is 3.40 bits per heavy atom. The Kier molecular flexibility index (Phi) is 2.25. The quantitative estimate of drug-likeness (QED) is 0.840. The number of nitrogens with one attached hydrogen (secondary N) is 1. The van der Waals surface area contributed by atoms with Crippen LogP contribution in [-0.2, 0) is 6.42 Å². The molecular formula is C11H15N3S. The summed E-state index contributed by atoms with van der Waals surface area (Å²) < 4.78 is 2.24. The van der Waals surface area contributed by atoms with Crippen LogP contribution in [-0.4, -0.2) is 22.0 Å². The van der Waals surface area contributed by atoms with Crippen LogP contribution in [0.5, 0.6) is 0 Å². The van der Waals surface area contributed by atoms with Gasteiger partial charge in [-0.3, -0.25) is 4.40 Å². The maximum absolute atomic E-state index is 4.57. The van der Waals surface area contributed by atoms with Crippen molar-refractivity contribution in [3.05, 3.63) is 23.0 Å². The number of aryl methyl sites for hydroxylation is 1. The minimum absolute atomic E-state index is 0.656. The second kappa shape index (κ2) is 3.61. The van der Waals surface area contributed by atoms with Crippen molar-refractivity contribution in [2.45, 2.75) is 32.2 Å². The Morgan fingerprint density at radius 2 is 2.60 bits per heavy atom. The van der Waals surface area contributed by atoms with Gasteiger partial charge < -0.3 is 5.32 Å². The zero-order chi connectivity index (χ0) is 10.3. The number of fused-ring (bicyclic) bond motifs is 1. The zero-order valence-electron chi connectivity index (χ0n) is 8.86. The van der Waals surface area contributed by atoms with Gasteiger partial charge in [0.25, 0.3) is 0 Å². The first-order chi connectivity index (χ1) is 7.34. The summed E-state index contributed by atoms with van der Waals surface area (Å²) in [5, 5.41) is 5.65. The van der Waals surface area contributed by atoms with Crippen LogP contribution in [0.3, 0.4) is 0 Å². The molecule has 0 radical (unpaired) electrons. The fourth-order valence-electron chi connectivity index (χ4n) is 2.35. The molecule has 1 fully saturated rings. The minimum atomic E-state index is 0.656. The summed E-state index contributed by atoms with van der Waals surface area (Å²) in [5.74, 6) is 0. The lowest BCUT2D eigenvalue weighted by atomic mass is 10.1. The number of hydrogen-bond donors (Lipinski definition) is 1. The summed E-state index contributed by atoms with van der Waals surface area (Å²) in [6, 6.07) is 0.656. The SMILES string of the molecule is Cc1nc2sccn2c1CC1CCCN1. The molecule has 1 saturated heterocycles. The van der Waals surface area contributed by atoms with Crippen molar-refractivity contribution in [1.82, 2.24) is 14.7 Å². The van der Waals surface area contributed by atoms with Gasteiger partial charge in [0.15, 0.2) is 4.96 Å². The van der Waals surface area contributed by atoms with Crippen LogP contribution in [0.15, 0.2) is 11.6 Å². The van der Waals surface area contributed by atoms with E-state index in [4.69, 9.17) is 0 Å². The number of imidazole rings is 1. The van der Waals surface area contributed by atoms with Crippen LogP contribution >= 0.6 is 11.3 Å². The average molecular weight is 221 g/mol. The van der Waals surface area contributed by atoms with Crippen LogP contribution in [0.4, 0.5) is 0 Å². The largest absolute Gasteiger partial charge is 0.314 e. The predicted octanol–water partition coefficient (Wildman–Crippen LogP) is 2.00. The van der Waals surface area contributed by atoms with E-state index in [-0.39, 0.29) is 0 Å². The standard InChI is InChI=1S/C11H15N3S/c1-8-10(7-9-3-2-4-12-9)14-5-6-15-11(14)13-8/h5-6,9,12H,2-4,7H2,1H3.